The summed E-state index contributed by atoms with van der Waals surface area (Å²) >= 11 is 0. The van der Waals surface area contributed by atoms with Crippen LogP contribution in [0.15, 0.2) is 11.1 Å². The largest absolute Gasteiger partial charge is 0.468 e. The Morgan fingerprint density at radius 3 is 2.23 bits per heavy atom. The molecular weight excluding hydrogens is 602 g/mol. The normalized spacial score (nSPS) is 24.6. The quantitative estimate of drug-likeness (QED) is 0.132. The number of esters is 2. The molecule has 0 bridgehead atoms. The number of halogens is 1. The van der Waals surface area contributed by atoms with Gasteiger partial charge in [-0.1, -0.05) is 33.6 Å². The molecule has 1 fully saturated rings. The Morgan fingerprint density at radius 2 is 1.75 bits per heavy atom. The summed E-state index contributed by atoms with van der Waals surface area (Å²) in [7, 11) is -2.05. The monoisotopic (exact) mass is 642 g/mol. The van der Waals surface area contributed by atoms with Gasteiger partial charge in [-0.25, -0.2) is 24.5 Å². The predicted molar refractivity (Wildman–Crippen MR) is 156 cm³/mol. The van der Waals surface area contributed by atoms with Gasteiger partial charge in [0.15, 0.2) is 17.4 Å². The smallest absolute Gasteiger partial charge is 0.342 e. The summed E-state index contributed by atoms with van der Waals surface area (Å²) in [5.74, 6) is 0.563. The number of methoxy groups -OCH3 is 2. The average molecular weight is 643 g/mol. The molecule has 0 radical (unpaired) electrons. The molecule has 0 spiro atoms. The zero-order chi connectivity index (χ0) is 33.0. The van der Waals surface area contributed by atoms with Crippen LogP contribution in [-0.2, 0) is 32.9 Å². The first-order valence-electron chi connectivity index (χ1n) is 14.0. The van der Waals surface area contributed by atoms with Crippen LogP contribution >= 0.6 is 7.67 Å². The lowest BCUT2D eigenvalue weighted by Gasteiger charge is -2.30. The lowest BCUT2D eigenvalue weighted by Crippen LogP contribution is -2.46. The fourth-order valence-corrected chi connectivity index (χ4v) is 6.67. The fraction of sp³-hybridized carbons (Fsp3) is 0.667. The highest BCUT2D eigenvalue weighted by Crippen LogP contribution is 2.46. The molecule has 1 saturated heterocycles. The van der Waals surface area contributed by atoms with Crippen molar-refractivity contribution in [3.63, 3.8) is 0 Å². The zero-order valence-corrected chi connectivity index (χ0v) is 26.6. The number of aliphatic hydroxyl groups is 1. The number of hydrogen-bond donors (Lipinski definition) is 4. The number of nitrogens with zero attached hydrogens (tertiary/aromatic N) is 3. The van der Waals surface area contributed by atoms with Crippen molar-refractivity contribution >= 4 is 30.8 Å². The summed E-state index contributed by atoms with van der Waals surface area (Å²) in [6.45, 7) is 8.14. The number of carbonyl (C=O) groups is 2. The lowest BCUT2D eigenvalue weighted by atomic mass is 9.97. The minimum Gasteiger partial charge on any atom is -0.468 e. The zero-order valence-electron chi connectivity index (χ0n) is 25.7. The summed E-state index contributed by atoms with van der Waals surface area (Å²) < 4.78 is 52.9. The standard InChI is InChI=1S/C27H40FN6O9P/c1-9-27(28)21(35)19(43-26(27)34-13-29-20-22(34)30-16(6)31-23(20)36)12-42-44(39,32-17(10-14(2)3)24(37)40-7)33-18(11-15(4)5)25(38)41-8/h1,13-15,17-19,21,26,35H,10-12H2,2-8H3,(H,30,31,36)(H2,32,33,39)/t17?,18?,19-,21+,26-,27?,44?/m1/s1. The van der Waals surface area contributed by atoms with Gasteiger partial charge < -0.3 is 28.8 Å². The third-order valence-electron chi connectivity index (χ3n) is 6.93. The van der Waals surface area contributed by atoms with Crippen LogP contribution in [-0.4, -0.2) is 87.4 Å². The molecule has 0 aliphatic carbocycles. The number of aromatic amines is 1. The molecule has 15 nitrogen and oxygen atoms in total. The van der Waals surface area contributed by atoms with Gasteiger partial charge in [0.1, 0.15) is 30.1 Å². The van der Waals surface area contributed by atoms with Gasteiger partial charge in [-0.2, -0.15) is 0 Å². The summed E-state index contributed by atoms with van der Waals surface area (Å²) in [4.78, 5) is 48.2. The van der Waals surface area contributed by atoms with Gasteiger partial charge >= 0.3 is 19.6 Å². The number of aryl methyl sites for hydroxylation is 1. The lowest BCUT2D eigenvalue weighted by molar-refractivity contribution is -0.143. The Hall–Kier alpha value is -3.19. The third kappa shape index (κ3) is 7.71. The van der Waals surface area contributed by atoms with Gasteiger partial charge in [0.05, 0.1) is 27.2 Å². The number of nitrogens with one attached hydrogen (secondary N) is 3. The second-order valence-corrected chi connectivity index (χ2v) is 13.3. The van der Waals surface area contributed by atoms with Crippen LogP contribution in [0.3, 0.4) is 0 Å². The van der Waals surface area contributed by atoms with Crippen molar-refractivity contribution in [1.82, 2.24) is 29.7 Å². The molecule has 3 heterocycles. The molecule has 6 atom stereocenters. The number of carbonyl (C=O) groups excluding carboxylic acids is 2. The first-order valence-corrected chi connectivity index (χ1v) is 15.6. The predicted octanol–water partition coefficient (Wildman–Crippen LogP) is 1.51. The SMILES string of the molecule is C#CC1(F)[C@@H](O)[C@@H](COP(=O)(NC(CC(C)C)C(=O)OC)NC(CC(C)C)C(=O)OC)O[C@H]1n1cnc2c(=O)[nH]c(C)nc21. The molecule has 0 saturated carbocycles. The highest BCUT2D eigenvalue weighted by molar-refractivity contribution is 7.54. The van der Waals surface area contributed by atoms with Crippen LogP contribution < -0.4 is 15.7 Å². The molecule has 0 aromatic carbocycles. The van der Waals surface area contributed by atoms with E-state index in [1.807, 2.05) is 33.6 Å². The number of alkyl halides is 1. The Kier molecular flexibility index (Phi) is 11.4. The van der Waals surface area contributed by atoms with Crippen LogP contribution in [0.25, 0.3) is 11.2 Å². The van der Waals surface area contributed by atoms with E-state index < -0.39 is 68.0 Å². The van der Waals surface area contributed by atoms with Crippen molar-refractivity contribution in [3.8, 4) is 12.3 Å². The van der Waals surface area contributed by atoms with Crippen LogP contribution in [0.5, 0.6) is 0 Å². The molecule has 44 heavy (non-hydrogen) atoms. The third-order valence-corrected chi connectivity index (χ3v) is 8.74. The highest BCUT2D eigenvalue weighted by Gasteiger charge is 2.58. The number of terminal acetylenes is 1. The van der Waals surface area contributed by atoms with E-state index in [1.54, 1.807) is 0 Å². The molecule has 2 aromatic rings. The van der Waals surface area contributed by atoms with Crippen molar-refractivity contribution in [1.29, 1.82) is 0 Å². The maximum atomic E-state index is 16.2. The van der Waals surface area contributed by atoms with E-state index in [2.05, 4.69) is 25.1 Å². The van der Waals surface area contributed by atoms with E-state index in [-0.39, 0.29) is 41.7 Å². The van der Waals surface area contributed by atoms with Crippen molar-refractivity contribution in [2.75, 3.05) is 20.8 Å². The van der Waals surface area contributed by atoms with Crippen molar-refractivity contribution in [2.24, 2.45) is 11.8 Å². The molecule has 17 heteroatoms. The first-order chi connectivity index (χ1) is 20.6. The maximum absolute atomic E-state index is 16.2. The molecule has 244 valence electrons. The maximum Gasteiger partial charge on any atom is 0.342 e. The number of aliphatic hydroxyl groups excluding tert-OH is 1. The van der Waals surface area contributed by atoms with Gasteiger partial charge in [0.25, 0.3) is 5.56 Å². The summed E-state index contributed by atoms with van der Waals surface area (Å²) in [5.41, 5.74) is -3.58. The Balaban J connectivity index is 1.96. The van der Waals surface area contributed by atoms with Crippen LogP contribution in [0, 0.1) is 31.1 Å². The second-order valence-electron chi connectivity index (χ2n) is 11.4. The summed E-state index contributed by atoms with van der Waals surface area (Å²) in [5, 5.41) is 16.3. The highest BCUT2D eigenvalue weighted by atomic mass is 31.2. The topological polar surface area (TPSA) is 196 Å². The number of imidazole rings is 1. The van der Waals surface area contributed by atoms with Crippen molar-refractivity contribution in [3.05, 3.63) is 22.5 Å². The summed E-state index contributed by atoms with van der Waals surface area (Å²) in [6.07, 6.45) is 1.76. The van der Waals surface area contributed by atoms with E-state index in [9.17, 15) is 24.1 Å². The minimum atomic E-state index is -4.38. The molecule has 0 amide bonds. The van der Waals surface area contributed by atoms with Gasteiger partial charge in [-0.15, -0.1) is 6.42 Å². The number of H-pyrrole nitrogens is 1. The van der Waals surface area contributed by atoms with E-state index in [1.165, 1.54) is 21.1 Å². The molecular formula is C27H40FN6O9P. The number of fused-ring (bicyclic) bond motifs is 1. The van der Waals surface area contributed by atoms with Crippen molar-refractivity contribution < 1.29 is 42.4 Å². The van der Waals surface area contributed by atoms with E-state index in [0.717, 1.165) is 10.9 Å². The van der Waals surface area contributed by atoms with Gasteiger partial charge in [-0.05, 0) is 31.6 Å². The van der Waals surface area contributed by atoms with Crippen LogP contribution in [0.4, 0.5) is 4.39 Å². The number of aromatic nitrogens is 4. The Morgan fingerprint density at radius 1 is 1.20 bits per heavy atom. The van der Waals surface area contributed by atoms with E-state index in [4.69, 9.17) is 25.2 Å². The number of ether oxygens (including phenoxy) is 3. The Bertz CT molecular complexity index is 1450. The van der Waals surface area contributed by atoms with Gasteiger partial charge in [0, 0.05) is 0 Å². The Labute approximate surface area is 254 Å². The molecule has 1 aliphatic heterocycles. The van der Waals surface area contributed by atoms with Crippen LogP contribution in [0.1, 0.15) is 52.6 Å². The molecule has 2 aromatic heterocycles. The fourth-order valence-electron chi connectivity index (χ4n) is 4.85. The second kappa shape index (κ2) is 14.3. The van der Waals surface area contributed by atoms with Gasteiger partial charge in [0.2, 0.25) is 5.67 Å². The average Bonchev–Trinajstić information content (AvgIpc) is 3.48. The van der Waals surface area contributed by atoms with Crippen LogP contribution in [0.2, 0.25) is 0 Å². The number of hydrogen-bond acceptors (Lipinski definition) is 11. The first kappa shape index (κ1) is 35.3. The molecule has 3 unspecified atom stereocenters. The minimum absolute atomic E-state index is 0.0412. The van der Waals surface area contributed by atoms with E-state index in [0.29, 0.717) is 0 Å². The van der Waals surface area contributed by atoms with Gasteiger partial charge in [-0.3, -0.25) is 23.5 Å². The molecule has 1 aliphatic rings. The molecule has 4 N–H and O–H groups in total. The molecule has 3 rings (SSSR count). The van der Waals surface area contributed by atoms with E-state index >= 15 is 4.39 Å². The summed E-state index contributed by atoms with van der Waals surface area (Å²) in [6, 6.07) is -2.26. The van der Waals surface area contributed by atoms with Crippen molar-refractivity contribution in [2.45, 2.75) is 83.6 Å². The number of rotatable bonds is 14.